The third kappa shape index (κ3) is 3.25. The van der Waals surface area contributed by atoms with Gasteiger partial charge in [0.25, 0.3) is 0 Å². The van der Waals surface area contributed by atoms with Gasteiger partial charge in [-0.1, -0.05) is 47.0 Å². The van der Waals surface area contributed by atoms with Crippen LogP contribution in [0.5, 0.6) is 0 Å². The Hall–Kier alpha value is -0.830. The summed E-state index contributed by atoms with van der Waals surface area (Å²) in [7, 11) is 0. The standard InChI is InChI=1S/C17H31N3/c1-5-7-9-14(8-6-2)20-16-10-11-18-12-15(16)19-17(20)13(3)4/h13-14,18H,5-12H2,1-4H3. The Morgan fingerprint density at radius 2 is 2.00 bits per heavy atom. The Morgan fingerprint density at radius 1 is 1.20 bits per heavy atom. The van der Waals surface area contributed by atoms with Crippen LogP contribution in [0.4, 0.5) is 0 Å². The molecule has 20 heavy (non-hydrogen) atoms. The smallest absolute Gasteiger partial charge is 0.112 e. The molecular weight excluding hydrogens is 246 g/mol. The summed E-state index contributed by atoms with van der Waals surface area (Å²) in [4.78, 5) is 4.96. The lowest BCUT2D eigenvalue weighted by molar-refractivity contribution is 0.388. The minimum atomic E-state index is 0.515. The normalized spacial score (nSPS) is 16.4. The maximum absolute atomic E-state index is 4.96. The average Bonchev–Trinajstić information content (AvgIpc) is 2.83. The van der Waals surface area contributed by atoms with Crippen LogP contribution in [0, 0.1) is 0 Å². The summed E-state index contributed by atoms with van der Waals surface area (Å²) in [5.41, 5.74) is 2.82. The van der Waals surface area contributed by atoms with E-state index in [2.05, 4.69) is 37.6 Å². The number of fused-ring (bicyclic) bond motifs is 1. The first-order valence-electron chi connectivity index (χ1n) is 8.49. The second-order valence-electron chi connectivity index (χ2n) is 6.40. The lowest BCUT2D eigenvalue weighted by atomic mass is 10.0. The van der Waals surface area contributed by atoms with E-state index in [9.17, 15) is 0 Å². The van der Waals surface area contributed by atoms with Crippen LogP contribution in [0.3, 0.4) is 0 Å². The van der Waals surface area contributed by atoms with E-state index in [1.165, 1.54) is 49.3 Å². The van der Waals surface area contributed by atoms with Crippen molar-refractivity contribution < 1.29 is 0 Å². The van der Waals surface area contributed by atoms with Crippen LogP contribution >= 0.6 is 0 Å². The van der Waals surface area contributed by atoms with Gasteiger partial charge in [0, 0.05) is 37.2 Å². The summed E-state index contributed by atoms with van der Waals surface area (Å²) in [5, 5.41) is 3.46. The summed E-state index contributed by atoms with van der Waals surface area (Å²) in [6.45, 7) is 11.2. The van der Waals surface area contributed by atoms with E-state index in [1.54, 1.807) is 0 Å². The molecule has 0 spiro atoms. The molecule has 0 saturated carbocycles. The highest BCUT2D eigenvalue weighted by Gasteiger charge is 2.25. The molecule has 3 nitrogen and oxygen atoms in total. The molecule has 1 aromatic heterocycles. The molecule has 114 valence electrons. The van der Waals surface area contributed by atoms with Crippen LogP contribution in [-0.4, -0.2) is 16.1 Å². The Morgan fingerprint density at radius 3 is 2.65 bits per heavy atom. The Kier molecular flexibility index (Phi) is 5.64. The van der Waals surface area contributed by atoms with E-state index in [1.807, 2.05) is 0 Å². The molecule has 2 rings (SSSR count). The predicted octanol–water partition coefficient (Wildman–Crippen LogP) is 4.18. The van der Waals surface area contributed by atoms with Crippen molar-refractivity contribution in [3.63, 3.8) is 0 Å². The first-order chi connectivity index (χ1) is 9.69. The van der Waals surface area contributed by atoms with Gasteiger partial charge in [-0.15, -0.1) is 0 Å². The maximum atomic E-state index is 4.96. The van der Waals surface area contributed by atoms with Crippen molar-refractivity contribution in [2.24, 2.45) is 0 Å². The fraction of sp³-hybridized carbons (Fsp3) is 0.824. The third-order valence-electron chi connectivity index (χ3n) is 4.35. The van der Waals surface area contributed by atoms with Gasteiger partial charge >= 0.3 is 0 Å². The monoisotopic (exact) mass is 277 g/mol. The molecule has 0 bridgehead atoms. The maximum Gasteiger partial charge on any atom is 0.112 e. The van der Waals surface area contributed by atoms with Crippen LogP contribution in [-0.2, 0) is 13.0 Å². The summed E-state index contributed by atoms with van der Waals surface area (Å²) in [5.74, 6) is 1.83. The molecule has 1 atom stereocenters. The zero-order valence-electron chi connectivity index (χ0n) is 13.7. The van der Waals surface area contributed by atoms with E-state index >= 15 is 0 Å². The minimum Gasteiger partial charge on any atom is -0.328 e. The summed E-state index contributed by atoms with van der Waals surface area (Å²) in [6, 6.07) is 0.659. The highest BCUT2D eigenvalue weighted by Crippen LogP contribution is 2.31. The van der Waals surface area contributed by atoms with E-state index < -0.39 is 0 Å². The highest BCUT2D eigenvalue weighted by molar-refractivity contribution is 5.22. The number of unbranched alkanes of at least 4 members (excludes halogenated alkanes) is 1. The van der Waals surface area contributed by atoms with Crippen molar-refractivity contribution in [1.29, 1.82) is 0 Å². The highest BCUT2D eigenvalue weighted by atomic mass is 15.1. The molecule has 0 aromatic carbocycles. The molecule has 0 amide bonds. The first-order valence-corrected chi connectivity index (χ1v) is 8.49. The van der Waals surface area contributed by atoms with Crippen LogP contribution in [0.25, 0.3) is 0 Å². The fourth-order valence-electron chi connectivity index (χ4n) is 3.34. The minimum absolute atomic E-state index is 0.515. The van der Waals surface area contributed by atoms with Crippen LogP contribution in [0.1, 0.15) is 89.0 Å². The molecule has 2 heterocycles. The van der Waals surface area contributed by atoms with Gasteiger partial charge in [-0.25, -0.2) is 4.98 Å². The zero-order chi connectivity index (χ0) is 14.5. The lowest BCUT2D eigenvalue weighted by Crippen LogP contribution is -2.26. The molecule has 0 radical (unpaired) electrons. The zero-order valence-corrected chi connectivity index (χ0v) is 13.7. The first kappa shape index (κ1) is 15.6. The number of imidazole rings is 1. The van der Waals surface area contributed by atoms with E-state index in [4.69, 9.17) is 4.98 Å². The van der Waals surface area contributed by atoms with Gasteiger partial charge in [0.2, 0.25) is 0 Å². The summed E-state index contributed by atoms with van der Waals surface area (Å²) in [6.07, 6.45) is 7.61. The molecule has 1 aliphatic heterocycles. The number of aromatic nitrogens is 2. The molecule has 1 aromatic rings. The number of rotatable bonds is 7. The van der Waals surface area contributed by atoms with Crippen molar-refractivity contribution in [3.05, 3.63) is 17.2 Å². The van der Waals surface area contributed by atoms with Gasteiger partial charge in [-0.3, -0.25) is 0 Å². The summed E-state index contributed by atoms with van der Waals surface area (Å²) < 4.78 is 2.62. The fourth-order valence-corrected chi connectivity index (χ4v) is 3.34. The Labute approximate surface area is 124 Å². The van der Waals surface area contributed by atoms with Crippen LogP contribution in [0.15, 0.2) is 0 Å². The van der Waals surface area contributed by atoms with E-state index in [-0.39, 0.29) is 0 Å². The van der Waals surface area contributed by atoms with Gasteiger partial charge < -0.3 is 9.88 Å². The van der Waals surface area contributed by atoms with Crippen molar-refractivity contribution in [2.45, 2.75) is 84.7 Å². The third-order valence-corrected chi connectivity index (χ3v) is 4.35. The molecule has 1 unspecified atom stereocenters. The molecule has 0 aliphatic carbocycles. The van der Waals surface area contributed by atoms with E-state index in [0.717, 1.165) is 19.5 Å². The SMILES string of the molecule is CCCCC(CCC)n1c(C(C)C)nc2c1CCNC2. The molecule has 0 saturated heterocycles. The van der Waals surface area contributed by atoms with Gasteiger partial charge in [0.15, 0.2) is 0 Å². The number of nitrogens with one attached hydrogen (secondary N) is 1. The van der Waals surface area contributed by atoms with Crippen LogP contribution < -0.4 is 5.32 Å². The largest absolute Gasteiger partial charge is 0.328 e. The predicted molar refractivity (Wildman–Crippen MR) is 85.2 cm³/mol. The van der Waals surface area contributed by atoms with E-state index in [0.29, 0.717) is 12.0 Å². The Balaban J connectivity index is 2.36. The van der Waals surface area contributed by atoms with Crippen molar-refractivity contribution in [3.8, 4) is 0 Å². The molecule has 1 aliphatic rings. The second kappa shape index (κ2) is 7.26. The molecule has 3 heteroatoms. The molecule has 1 N–H and O–H groups in total. The Bertz CT molecular complexity index is 420. The molecule has 0 fully saturated rings. The lowest BCUT2D eigenvalue weighted by Gasteiger charge is -2.25. The van der Waals surface area contributed by atoms with Gasteiger partial charge in [-0.2, -0.15) is 0 Å². The second-order valence-corrected chi connectivity index (χ2v) is 6.40. The number of hydrogen-bond acceptors (Lipinski definition) is 2. The topological polar surface area (TPSA) is 29.9 Å². The van der Waals surface area contributed by atoms with Crippen molar-refractivity contribution >= 4 is 0 Å². The van der Waals surface area contributed by atoms with Gasteiger partial charge in [0.1, 0.15) is 5.82 Å². The average molecular weight is 277 g/mol. The number of hydrogen-bond donors (Lipinski definition) is 1. The van der Waals surface area contributed by atoms with Gasteiger partial charge in [0.05, 0.1) is 5.69 Å². The van der Waals surface area contributed by atoms with Gasteiger partial charge in [-0.05, 0) is 12.8 Å². The quantitative estimate of drug-likeness (QED) is 0.810. The summed E-state index contributed by atoms with van der Waals surface area (Å²) >= 11 is 0. The van der Waals surface area contributed by atoms with Crippen molar-refractivity contribution in [1.82, 2.24) is 14.9 Å². The van der Waals surface area contributed by atoms with Crippen LogP contribution in [0.2, 0.25) is 0 Å². The number of nitrogens with zero attached hydrogens (tertiary/aromatic N) is 2. The van der Waals surface area contributed by atoms with Crippen molar-refractivity contribution in [2.75, 3.05) is 6.54 Å². The molecular formula is C17H31N3.